The van der Waals surface area contributed by atoms with Gasteiger partial charge in [0.2, 0.25) is 0 Å². The number of carbonyl (C=O) groups excluding carboxylic acids is 1. The molecule has 0 aliphatic rings. The highest BCUT2D eigenvalue weighted by atomic mass is 35.5. The number of methoxy groups -OCH3 is 1. The molecular weight excluding hydrogens is 344 g/mol. The van der Waals surface area contributed by atoms with Crippen molar-refractivity contribution in [3.63, 3.8) is 0 Å². The van der Waals surface area contributed by atoms with Crippen LogP contribution in [-0.4, -0.2) is 36.3 Å². The van der Waals surface area contributed by atoms with E-state index in [2.05, 4.69) is 14.7 Å². The fraction of sp³-hybridized carbons (Fsp3) is 0.222. The number of fused-ring (bicyclic) bond motifs is 1. The van der Waals surface area contributed by atoms with Crippen molar-refractivity contribution >= 4 is 28.6 Å². The number of halogens is 1. The van der Waals surface area contributed by atoms with E-state index in [0.29, 0.717) is 34.5 Å². The average Bonchev–Trinajstić information content (AvgIpc) is 3.05. The summed E-state index contributed by atoms with van der Waals surface area (Å²) in [7, 11) is 1.30. The molecule has 0 fully saturated rings. The Labute approximate surface area is 149 Å². The van der Waals surface area contributed by atoms with E-state index in [1.54, 1.807) is 12.1 Å². The van der Waals surface area contributed by atoms with E-state index in [4.69, 9.17) is 21.1 Å². The Morgan fingerprint density at radius 3 is 2.68 bits per heavy atom. The number of imidazole rings is 1. The number of hydrogen-bond acceptors (Lipinski definition) is 5. The SMILES string of the molecule is CCOc1cc(-c2nc3ccccc3[nH]2)c(Cl)cc1OCC(=O)OC. The molecule has 0 bridgehead atoms. The average molecular weight is 361 g/mol. The van der Waals surface area contributed by atoms with Crippen molar-refractivity contribution in [2.45, 2.75) is 6.92 Å². The molecule has 0 radical (unpaired) electrons. The monoisotopic (exact) mass is 360 g/mol. The first-order valence-corrected chi connectivity index (χ1v) is 8.11. The van der Waals surface area contributed by atoms with Gasteiger partial charge in [0.05, 0.1) is 29.8 Å². The zero-order chi connectivity index (χ0) is 17.8. The lowest BCUT2D eigenvalue weighted by molar-refractivity contribution is -0.142. The second-order valence-corrected chi connectivity index (χ2v) is 5.59. The Hall–Kier alpha value is -2.73. The van der Waals surface area contributed by atoms with E-state index >= 15 is 0 Å². The third kappa shape index (κ3) is 3.69. The maximum absolute atomic E-state index is 11.3. The van der Waals surface area contributed by atoms with Gasteiger partial charge in [0.1, 0.15) is 5.82 Å². The first-order chi connectivity index (χ1) is 12.1. The van der Waals surface area contributed by atoms with Crippen LogP contribution >= 0.6 is 11.6 Å². The highest BCUT2D eigenvalue weighted by molar-refractivity contribution is 6.33. The van der Waals surface area contributed by atoms with Crippen molar-refractivity contribution in [1.29, 1.82) is 0 Å². The topological polar surface area (TPSA) is 73.4 Å². The third-order valence-corrected chi connectivity index (χ3v) is 3.86. The number of aromatic nitrogens is 2. The zero-order valence-corrected chi connectivity index (χ0v) is 14.6. The molecule has 2 aromatic carbocycles. The first kappa shape index (κ1) is 17.1. The summed E-state index contributed by atoms with van der Waals surface area (Å²) in [6.45, 7) is 2.08. The van der Waals surface area contributed by atoms with Crippen LogP contribution in [0.2, 0.25) is 5.02 Å². The largest absolute Gasteiger partial charge is 0.490 e. The molecule has 0 amide bonds. The number of nitrogens with zero attached hydrogens (tertiary/aromatic N) is 1. The minimum absolute atomic E-state index is 0.225. The highest BCUT2D eigenvalue weighted by Gasteiger charge is 2.16. The molecular formula is C18H17ClN2O4. The van der Waals surface area contributed by atoms with Crippen LogP contribution in [0.1, 0.15) is 6.92 Å². The van der Waals surface area contributed by atoms with Gasteiger partial charge < -0.3 is 19.2 Å². The predicted molar refractivity (Wildman–Crippen MR) is 95.2 cm³/mol. The number of H-pyrrole nitrogens is 1. The minimum Gasteiger partial charge on any atom is -0.490 e. The van der Waals surface area contributed by atoms with E-state index in [1.807, 2.05) is 31.2 Å². The van der Waals surface area contributed by atoms with E-state index < -0.39 is 5.97 Å². The maximum atomic E-state index is 11.3. The van der Waals surface area contributed by atoms with Crippen LogP contribution in [0.3, 0.4) is 0 Å². The van der Waals surface area contributed by atoms with Gasteiger partial charge in [0.25, 0.3) is 0 Å². The van der Waals surface area contributed by atoms with Gasteiger partial charge in [-0.3, -0.25) is 0 Å². The molecule has 0 unspecified atom stereocenters. The molecule has 0 aliphatic heterocycles. The summed E-state index contributed by atoms with van der Waals surface area (Å²) in [4.78, 5) is 19.1. The first-order valence-electron chi connectivity index (χ1n) is 7.73. The van der Waals surface area contributed by atoms with Crippen molar-refractivity contribution in [2.75, 3.05) is 20.3 Å². The number of benzene rings is 2. The van der Waals surface area contributed by atoms with E-state index in [0.717, 1.165) is 11.0 Å². The molecule has 3 rings (SSSR count). The Morgan fingerprint density at radius 2 is 1.96 bits per heavy atom. The van der Waals surface area contributed by atoms with Crippen molar-refractivity contribution < 1.29 is 19.0 Å². The molecule has 3 aromatic rings. The quantitative estimate of drug-likeness (QED) is 0.676. The van der Waals surface area contributed by atoms with Crippen LogP contribution in [0.15, 0.2) is 36.4 Å². The summed E-state index contributed by atoms with van der Waals surface area (Å²) < 4.78 is 15.7. The zero-order valence-electron chi connectivity index (χ0n) is 13.8. The number of nitrogens with one attached hydrogen (secondary N) is 1. The Bertz CT molecular complexity index is 874. The smallest absolute Gasteiger partial charge is 0.343 e. The lowest BCUT2D eigenvalue weighted by atomic mass is 10.2. The lowest BCUT2D eigenvalue weighted by Gasteiger charge is -2.13. The number of para-hydroxylation sites is 2. The van der Waals surface area contributed by atoms with Gasteiger partial charge in [-0.1, -0.05) is 23.7 Å². The molecule has 25 heavy (non-hydrogen) atoms. The van der Waals surface area contributed by atoms with E-state index in [-0.39, 0.29) is 6.61 Å². The summed E-state index contributed by atoms with van der Waals surface area (Å²) in [5, 5.41) is 0.433. The summed E-state index contributed by atoms with van der Waals surface area (Å²) in [5.41, 5.74) is 2.45. The second-order valence-electron chi connectivity index (χ2n) is 5.18. The Balaban J connectivity index is 1.99. The van der Waals surface area contributed by atoms with Crippen LogP contribution in [0.25, 0.3) is 22.4 Å². The van der Waals surface area contributed by atoms with Crippen LogP contribution in [0.4, 0.5) is 0 Å². The molecule has 0 saturated heterocycles. The number of ether oxygens (including phenoxy) is 3. The molecule has 1 N–H and O–H groups in total. The number of hydrogen-bond donors (Lipinski definition) is 1. The summed E-state index contributed by atoms with van der Waals surface area (Å²) in [6.07, 6.45) is 0. The Morgan fingerprint density at radius 1 is 1.20 bits per heavy atom. The van der Waals surface area contributed by atoms with Crippen LogP contribution < -0.4 is 9.47 Å². The fourth-order valence-electron chi connectivity index (χ4n) is 2.37. The summed E-state index contributed by atoms with van der Waals surface area (Å²) >= 11 is 6.40. The van der Waals surface area contributed by atoms with Gasteiger partial charge in [-0.25, -0.2) is 9.78 Å². The molecule has 130 valence electrons. The minimum atomic E-state index is -0.486. The van der Waals surface area contributed by atoms with Gasteiger partial charge in [0, 0.05) is 11.6 Å². The molecule has 0 aliphatic carbocycles. The summed E-state index contributed by atoms with van der Waals surface area (Å²) in [6, 6.07) is 11.1. The normalized spacial score (nSPS) is 10.7. The maximum Gasteiger partial charge on any atom is 0.343 e. The lowest BCUT2D eigenvalue weighted by Crippen LogP contribution is -2.13. The van der Waals surface area contributed by atoms with Gasteiger partial charge in [0.15, 0.2) is 18.1 Å². The molecule has 1 heterocycles. The molecule has 0 saturated carbocycles. The number of rotatable bonds is 6. The molecule has 7 heteroatoms. The van der Waals surface area contributed by atoms with Gasteiger partial charge in [-0.05, 0) is 25.1 Å². The van der Waals surface area contributed by atoms with Gasteiger partial charge >= 0.3 is 5.97 Å². The second kappa shape index (κ2) is 7.44. The fourth-order valence-corrected chi connectivity index (χ4v) is 2.62. The van der Waals surface area contributed by atoms with Crippen molar-refractivity contribution in [1.82, 2.24) is 9.97 Å². The van der Waals surface area contributed by atoms with Crippen LogP contribution in [0, 0.1) is 0 Å². The molecule has 0 spiro atoms. The van der Waals surface area contributed by atoms with Crippen LogP contribution in [-0.2, 0) is 9.53 Å². The summed E-state index contributed by atoms with van der Waals surface area (Å²) in [5.74, 6) is 0.995. The number of carbonyl (C=O) groups is 1. The van der Waals surface area contributed by atoms with Crippen molar-refractivity contribution in [3.05, 3.63) is 41.4 Å². The Kier molecular flexibility index (Phi) is 5.09. The standard InChI is InChI=1S/C18H17ClN2O4/c1-3-24-15-8-11(12(19)9-16(15)25-10-17(22)23-2)18-20-13-6-4-5-7-14(13)21-18/h4-9H,3,10H2,1-2H3,(H,20,21). The number of esters is 1. The van der Waals surface area contributed by atoms with Crippen molar-refractivity contribution in [3.8, 4) is 22.9 Å². The third-order valence-electron chi connectivity index (χ3n) is 3.55. The van der Waals surface area contributed by atoms with Gasteiger partial charge in [-0.2, -0.15) is 0 Å². The van der Waals surface area contributed by atoms with E-state index in [1.165, 1.54) is 7.11 Å². The predicted octanol–water partition coefficient (Wildman–Crippen LogP) is 3.83. The highest BCUT2D eigenvalue weighted by Crippen LogP contribution is 2.38. The van der Waals surface area contributed by atoms with Crippen molar-refractivity contribution in [2.24, 2.45) is 0 Å². The molecule has 0 atom stereocenters. The van der Waals surface area contributed by atoms with Gasteiger partial charge in [-0.15, -0.1) is 0 Å². The molecule has 6 nitrogen and oxygen atoms in total. The molecule has 1 aromatic heterocycles. The van der Waals surface area contributed by atoms with Crippen LogP contribution in [0.5, 0.6) is 11.5 Å². The van der Waals surface area contributed by atoms with E-state index in [9.17, 15) is 4.79 Å². The number of aromatic amines is 1.